The molecule has 0 bridgehead atoms. The van der Waals surface area contributed by atoms with Gasteiger partial charge in [-0.1, -0.05) is 44.0 Å². The fraction of sp³-hybridized carbons (Fsp3) is 0.458. The summed E-state index contributed by atoms with van der Waals surface area (Å²) in [6.07, 6.45) is 6.82. The van der Waals surface area contributed by atoms with Crippen LogP contribution in [0.4, 0.5) is 4.39 Å². The van der Waals surface area contributed by atoms with Gasteiger partial charge in [-0.25, -0.2) is 4.39 Å². The summed E-state index contributed by atoms with van der Waals surface area (Å²) >= 11 is 0. The van der Waals surface area contributed by atoms with Gasteiger partial charge in [0, 0.05) is 6.42 Å². The lowest BCUT2D eigenvalue weighted by molar-refractivity contribution is -0.145. The third kappa shape index (κ3) is 7.71. The summed E-state index contributed by atoms with van der Waals surface area (Å²) in [6, 6.07) is 14.7. The molecule has 3 nitrogen and oxygen atoms in total. The van der Waals surface area contributed by atoms with Gasteiger partial charge in [-0.05, 0) is 61.1 Å². The molecule has 0 heterocycles. The number of rotatable bonds is 12. The number of ether oxygens (including phenoxy) is 2. The van der Waals surface area contributed by atoms with Crippen molar-refractivity contribution in [1.82, 2.24) is 0 Å². The fourth-order valence-electron chi connectivity index (χ4n) is 3.24. The molecule has 0 aliphatic heterocycles. The van der Waals surface area contributed by atoms with E-state index in [1.165, 1.54) is 24.8 Å². The quantitative estimate of drug-likeness (QED) is 0.344. The van der Waals surface area contributed by atoms with Gasteiger partial charge in [-0.3, -0.25) is 4.79 Å². The molecule has 152 valence electrons. The number of hydrogen-bond donors (Lipinski definition) is 0. The highest BCUT2D eigenvalue weighted by atomic mass is 19.1. The van der Waals surface area contributed by atoms with Gasteiger partial charge in [0.25, 0.3) is 0 Å². The first kappa shape index (κ1) is 21.9. The molecule has 2 aromatic carbocycles. The molecule has 4 heteroatoms. The third-order valence-electron chi connectivity index (χ3n) is 5.04. The van der Waals surface area contributed by atoms with Gasteiger partial charge in [-0.15, -0.1) is 0 Å². The smallest absolute Gasteiger partial charge is 0.308 e. The standard InChI is InChI=1S/C24H31FO3/c1-3-21(24(26)27-2)8-6-4-5-7-19-11-15-23(16-12-19)28-18-17-20-9-13-22(25)14-10-20/h9-16,21H,3-8,17-18H2,1-2H3. The summed E-state index contributed by atoms with van der Waals surface area (Å²) in [5.74, 6) is 0.595. The minimum Gasteiger partial charge on any atom is -0.493 e. The van der Waals surface area contributed by atoms with Gasteiger partial charge in [0.1, 0.15) is 11.6 Å². The van der Waals surface area contributed by atoms with E-state index in [-0.39, 0.29) is 17.7 Å². The van der Waals surface area contributed by atoms with Crippen LogP contribution >= 0.6 is 0 Å². The Labute approximate surface area is 167 Å². The second kappa shape index (κ2) is 12.2. The maximum atomic E-state index is 12.9. The van der Waals surface area contributed by atoms with Crippen molar-refractivity contribution in [3.63, 3.8) is 0 Å². The summed E-state index contributed by atoms with van der Waals surface area (Å²) in [7, 11) is 1.46. The molecule has 0 spiro atoms. The average molecular weight is 387 g/mol. The first-order valence-corrected chi connectivity index (χ1v) is 10.2. The first-order valence-electron chi connectivity index (χ1n) is 10.2. The largest absolute Gasteiger partial charge is 0.493 e. The third-order valence-corrected chi connectivity index (χ3v) is 5.04. The molecule has 0 saturated heterocycles. The van der Waals surface area contributed by atoms with Crippen LogP contribution in [0.25, 0.3) is 0 Å². The number of carbonyl (C=O) groups is 1. The number of halogens is 1. The van der Waals surface area contributed by atoms with Crippen LogP contribution in [0.1, 0.15) is 50.2 Å². The van der Waals surface area contributed by atoms with Crippen LogP contribution in [-0.4, -0.2) is 19.7 Å². The Morgan fingerprint density at radius 2 is 1.57 bits per heavy atom. The molecule has 2 rings (SSSR count). The van der Waals surface area contributed by atoms with E-state index in [9.17, 15) is 9.18 Å². The molecule has 0 aliphatic carbocycles. The number of aryl methyl sites for hydroxylation is 1. The van der Waals surface area contributed by atoms with E-state index >= 15 is 0 Å². The van der Waals surface area contributed by atoms with Crippen LogP contribution in [0.15, 0.2) is 48.5 Å². The van der Waals surface area contributed by atoms with E-state index < -0.39 is 0 Å². The molecule has 0 fully saturated rings. The lowest BCUT2D eigenvalue weighted by atomic mass is 9.97. The molecule has 0 amide bonds. The Morgan fingerprint density at radius 1 is 0.929 bits per heavy atom. The van der Waals surface area contributed by atoms with Crippen LogP contribution in [0.5, 0.6) is 5.75 Å². The number of esters is 1. The van der Waals surface area contributed by atoms with Crippen molar-refractivity contribution in [2.24, 2.45) is 5.92 Å². The minimum atomic E-state index is -0.214. The lowest BCUT2D eigenvalue weighted by Crippen LogP contribution is -2.15. The van der Waals surface area contributed by atoms with Crippen LogP contribution in [0.3, 0.4) is 0 Å². The van der Waals surface area contributed by atoms with E-state index in [0.717, 1.165) is 56.3 Å². The fourth-order valence-corrected chi connectivity index (χ4v) is 3.24. The van der Waals surface area contributed by atoms with Crippen molar-refractivity contribution in [3.8, 4) is 5.75 Å². The number of benzene rings is 2. The Bertz CT molecular complexity index is 695. The Balaban J connectivity index is 1.62. The van der Waals surface area contributed by atoms with Crippen LogP contribution < -0.4 is 4.74 Å². The first-order chi connectivity index (χ1) is 13.6. The van der Waals surface area contributed by atoms with E-state index in [1.54, 1.807) is 12.1 Å². The molecule has 1 atom stereocenters. The summed E-state index contributed by atoms with van der Waals surface area (Å²) in [5.41, 5.74) is 2.36. The number of methoxy groups -OCH3 is 1. The van der Waals surface area contributed by atoms with E-state index in [1.807, 2.05) is 19.1 Å². The summed E-state index contributed by atoms with van der Waals surface area (Å²) in [5, 5.41) is 0. The maximum Gasteiger partial charge on any atom is 0.308 e. The van der Waals surface area contributed by atoms with Crippen molar-refractivity contribution in [3.05, 3.63) is 65.5 Å². The van der Waals surface area contributed by atoms with Gasteiger partial charge in [0.15, 0.2) is 0 Å². The van der Waals surface area contributed by atoms with Gasteiger partial charge in [0.05, 0.1) is 19.6 Å². The zero-order chi connectivity index (χ0) is 20.2. The Hall–Kier alpha value is -2.36. The predicted molar refractivity (Wildman–Crippen MR) is 110 cm³/mol. The zero-order valence-electron chi connectivity index (χ0n) is 17.0. The van der Waals surface area contributed by atoms with E-state index in [0.29, 0.717) is 6.61 Å². The molecule has 0 aliphatic rings. The second-order valence-electron chi connectivity index (χ2n) is 7.10. The monoisotopic (exact) mass is 386 g/mol. The van der Waals surface area contributed by atoms with Gasteiger partial charge >= 0.3 is 5.97 Å². The van der Waals surface area contributed by atoms with Crippen LogP contribution in [-0.2, 0) is 22.4 Å². The van der Waals surface area contributed by atoms with Gasteiger partial charge < -0.3 is 9.47 Å². The topological polar surface area (TPSA) is 35.5 Å². The number of carbonyl (C=O) groups excluding carboxylic acids is 1. The highest BCUT2D eigenvalue weighted by molar-refractivity contribution is 5.72. The minimum absolute atomic E-state index is 0.0383. The van der Waals surface area contributed by atoms with Crippen molar-refractivity contribution in [1.29, 1.82) is 0 Å². The molecule has 0 radical (unpaired) electrons. The molecular weight excluding hydrogens is 355 g/mol. The SMILES string of the molecule is CCC(CCCCCc1ccc(OCCc2ccc(F)cc2)cc1)C(=O)OC. The summed E-state index contributed by atoms with van der Waals surface area (Å²) in [6.45, 7) is 2.61. The molecule has 2 aromatic rings. The zero-order valence-corrected chi connectivity index (χ0v) is 17.0. The normalized spacial score (nSPS) is 11.8. The number of unbranched alkanes of at least 4 members (excludes halogenated alkanes) is 2. The van der Waals surface area contributed by atoms with Gasteiger partial charge in [-0.2, -0.15) is 0 Å². The van der Waals surface area contributed by atoms with E-state index in [4.69, 9.17) is 9.47 Å². The summed E-state index contributed by atoms with van der Waals surface area (Å²) in [4.78, 5) is 11.6. The van der Waals surface area contributed by atoms with Crippen LogP contribution in [0, 0.1) is 11.7 Å². The average Bonchev–Trinajstić information content (AvgIpc) is 2.72. The van der Waals surface area contributed by atoms with Crippen molar-refractivity contribution < 1.29 is 18.7 Å². The van der Waals surface area contributed by atoms with Gasteiger partial charge in [0.2, 0.25) is 0 Å². The highest BCUT2D eigenvalue weighted by Gasteiger charge is 2.15. The molecule has 0 saturated carbocycles. The summed E-state index contributed by atoms with van der Waals surface area (Å²) < 4.78 is 23.5. The molecule has 28 heavy (non-hydrogen) atoms. The van der Waals surface area contributed by atoms with Crippen LogP contribution in [0.2, 0.25) is 0 Å². The van der Waals surface area contributed by atoms with Crippen molar-refractivity contribution in [2.75, 3.05) is 13.7 Å². The highest BCUT2D eigenvalue weighted by Crippen LogP contribution is 2.18. The molecule has 0 N–H and O–H groups in total. The Morgan fingerprint density at radius 3 is 2.21 bits per heavy atom. The molecule has 0 aromatic heterocycles. The predicted octanol–water partition coefficient (Wildman–Crippen LogP) is 5.75. The second-order valence-corrected chi connectivity index (χ2v) is 7.10. The maximum absolute atomic E-state index is 12.9. The van der Waals surface area contributed by atoms with E-state index in [2.05, 4.69) is 12.1 Å². The van der Waals surface area contributed by atoms with Crippen molar-refractivity contribution >= 4 is 5.97 Å². The molecule has 1 unspecified atom stereocenters. The number of hydrogen-bond acceptors (Lipinski definition) is 3. The van der Waals surface area contributed by atoms with Crippen molar-refractivity contribution in [2.45, 2.75) is 51.9 Å². The molecular formula is C24H31FO3. The Kier molecular flexibility index (Phi) is 9.53. The lowest BCUT2D eigenvalue weighted by Gasteiger charge is -2.11.